The largest absolute Gasteiger partial charge is 0.481 e. The summed E-state index contributed by atoms with van der Waals surface area (Å²) in [5.74, 6) is -0.426. The summed E-state index contributed by atoms with van der Waals surface area (Å²) in [5, 5.41) is 11.1. The summed E-state index contributed by atoms with van der Waals surface area (Å²) < 4.78 is 0. The minimum atomic E-state index is -0.735. The zero-order chi connectivity index (χ0) is 10.6. The van der Waals surface area contributed by atoms with Gasteiger partial charge in [-0.2, -0.15) is 0 Å². The standard InChI is InChI=1S/C9H16N2O3/c1-10-8(12)2-3-11-5-7(6-11)4-9(13)14/h7H,2-6H2,1H3,(H,10,12)(H,13,14). The van der Waals surface area contributed by atoms with Crippen LogP contribution in [-0.2, 0) is 9.59 Å². The third-order valence-electron chi connectivity index (χ3n) is 2.43. The van der Waals surface area contributed by atoms with Gasteiger partial charge in [-0.25, -0.2) is 0 Å². The van der Waals surface area contributed by atoms with E-state index in [4.69, 9.17) is 5.11 Å². The number of carboxylic acid groups (broad SMARTS) is 1. The first-order valence-corrected chi connectivity index (χ1v) is 4.76. The molecule has 0 saturated carbocycles. The van der Waals surface area contributed by atoms with E-state index in [-0.39, 0.29) is 18.2 Å². The molecule has 0 spiro atoms. The second kappa shape index (κ2) is 4.95. The molecule has 0 aromatic carbocycles. The number of amides is 1. The normalized spacial score (nSPS) is 17.5. The lowest BCUT2D eigenvalue weighted by Crippen LogP contribution is -2.48. The summed E-state index contributed by atoms with van der Waals surface area (Å²) in [6, 6.07) is 0. The molecule has 80 valence electrons. The maximum atomic E-state index is 10.9. The Morgan fingerprint density at radius 1 is 1.50 bits per heavy atom. The summed E-state index contributed by atoms with van der Waals surface area (Å²) in [5.41, 5.74) is 0. The van der Waals surface area contributed by atoms with Crippen molar-refractivity contribution in [1.29, 1.82) is 0 Å². The Bertz CT molecular complexity index is 224. The van der Waals surface area contributed by atoms with Gasteiger partial charge in [-0.05, 0) is 5.92 Å². The number of hydrogen-bond acceptors (Lipinski definition) is 3. The minimum Gasteiger partial charge on any atom is -0.481 e. The van der Waals surface area contributed by atoms with Crippen LogP contribution < -0.4 is 5.32 Å². The number of hydrogen-bond donors (Lipinski definition) is 2. The van der Waals surface area contributed by atoms with Crippen molar-refractivity contribution in [3.63, 3.8) is 0 Å². The number of carboxylic acids is 1. The average molecular weight is 200 g/mol. The Balaban J connectivity index is 2.04. The van der Waals surface area contributed by atoms with E-state index in [1.54, 1.807) is 7.05 Å². The molecule has 1 heterocycles. The van der Waals surface area contributed by atoms with E-state index in [0.29, 0.717) is 6.42 Å². The molecule has 2 N–H and O–H groups in total. The lowest BCUT2D eigenvalue weighted by atomic mass is 9.96. The van der Waals surface area contributed by atoms with Gasteiger partial charge < -0.3 is 15.3 Å². The first-order chi connectivity index (χ1) is 6.61. The number of rotatable bonds is 5. The number of nitrogens with zero attached hydrogens (tertiary/aromatic N) is 1. The number of carbonyl (C=O) groups is 2. The van der Waals surface area contributed by atoms with E-state index in [9.17, 15) is 9.59 Å². The molecule has 1 rings (SSSR count). The summed E-state index contributed by atoms with van der Waals surface area (Å²) in [4.78, 5) is 23.3. The molecule has 1 aliphatic rings. The van der Waals surface area contributed by atoms with Gasteiger partial charge in [-0.3, -0.25) is 9.59 Å². The van der Waals surface area contributed by atoms with Crippen LogP contribution in [-0.4, -0.2) is 48.6 Å². The molecule has 0 aliphatic carbocycles. The van der Waals surface area contributed by atoms with Crippen molar-refractivity contribution in [2.75, 3.05) is 26.7 Å². The molecule has 1 amide bonds. The third-order valence-corrected chi connectivity index (χ3v) is 2.43. The Morgan fingerprint density at radius 2 is 2.14 bits per heavy atom. The van der Waals surface area contributed by atoms with E-state index in [0.717, 1.165) is 19.6 Å². The average Bonchev–Trinajstić information content (AvgIpc) is 2.07. The molecular weight excluding hydrogens is 184 g/mol. The van der Waals surface area contributed by atoms with Crippen LogP contribution in [0.1, 0.15) is 12.8 Å². The van der Waals surface area contributed by atoms with Crippen molar-refractivity contribution in [2.45, 2.75) is 12.8 Å². The number of nitrogens with one attached hydrogen (secondary N) is 1. The Labute approximate surface area is 83.1 Å². The minimum absolute atomic E-state index is 0.0340. The Kier molecular flexibility index (Phi) is 3.88. The van der Waals surface area contributed by atoms with Gasteiger partial charge in [-0.1, -0.05) is 0 Å². The quantitative estimate of drug-likeness (QED) is 0.629. The lowest BCUT2D eigenvalue weighted by molar-refractivity contribution is -0.139. The van der Waals surface area contributed by atoms with Crippen molar-refractivity contribution >= 4 is 11.9 Å². The molecule has 1 saturated heterocycles. The number of carbonyl (C=O) groups excluding carboxylic acids is 1. The molecule has 1 aliphatic heterocycles. The highest BCUT2D eigenvalue weighted by molar-refractivity contribution is 5.75. The fourth-order valence-electron chi connectivity index (χ4n) is 1.62. The highest BCUT2D eigenvalue weighted by Crippen LogP contribution is 2.18. The van der Waals surface area contributed by atoms with Crippen molar-refractivity contribution < 1.29 is 14.7 Å². The monoisotopic (exact) mass is 200 g/mol. The molecule has 0 bridgehead atoms. The molecule has 0 aromatic heterocycles. The maximum absolute atomic E-state index is 10.9. The zero-order valence-electron chi connectivity index (χ0n) is 8.32. The summed E-state index contributed by atoms with van der Waals surface area (Å²) in [7, 11) is 1.62. The predicted molar refractivity (Wildman–Crippen MR) is 50.9 cm³/mol. The van der Waals surface area contributed by atoms with Crippen molar-refractivity contribution in [3.8, 4) is 0 Å². The summed E-state index contributed by atoms with van der Waals surface area (Å²) in [6.07, 6.45) is 0.743. The molecule has 0 atom stereocenters. The summed E-state index contributed by atoms with van der Waals surface area (Å²) in [6.45, 7) is 2.35. The Morgan fingerprint density at radius 3 is 2.64 bits per heavy atom. The van der Waals surface area contributed by atoms with Gasteiger partial charge in [0.15, 0.2) is 0 Å². The zero-order valence-corrected chi connectivity index (χ0v) is 8.32. The molecule has 0 unspecified atom stereocenters. The highest BCUT2D eigenvalue weighted by Gasteiger charge is 2.28. The summed E-state index contributed by atoms with van der Waals surface area (Å²) >= 11 is 0. The van der Waals surface area contributed by atoms with Crippen LogP contribution in [0.2, 0.25) is 0 Å². The molecule has 1 fully saturated rings. The van der Waals surface area contributed by atoms with Crippen molar-refractivity contribution in [2.24, 2.45) is 5.92 Å². The first kappa shape index (κ1) is 11.0. The van der Waals surface area contributed by atoms with E-state index in [1.807, 2.05) is 0 Å². The Hall–Kier alpha value is -1.10. The van der Waals surface area contributed by atoms with Crippen LogP contribution in [0.5, 0.6) is 0 Å². The second-order valence-corrected chi connectivity index (χ2v) is 3.65. The van der Waals surface area contributed by atoms with E-state index < -0.39 is 5.97 Å². The topological polar surface area (TPSA) is 69.6 Å². The van der Waals surface area contributed by atoms with Gasteiger partial charge in [0, 0.05) is 33.1 Å². The molecule has 5 nitrogen and oxygen atoms in total. The van der Waals surface area contributed by atoms with Crippen LogP contribution in [0.3, 0.4) is 0 Å². The smallest absolute Gasteiger partial charge is 0.303 e. The van der Waals surface area contributed by atoms with Crippen molar-refractivity contribution in [1.82, 2.24) is 10.2 Å². The number of aliphatic carboxylic acids is 1. The van der Waals surface area contributed by atoms with Crippen LogP contribution >= 0.6 is 0 Å². The van der Waals surface area contributed by atoms with Crippen LogP contribution in [0.25, 0.3) is 0 Å². The SMILES string of the molecule is CNC(=O)CCN1CC(CC(=O)O)C1. The van der Waals surface area contributed by atoms with Crippen LogP contribution in [0.4, 0.5) is 0 Å². The molecule has 0 radical (unpaired) electrons. The van der Waals surface area contributed by atoms with E-state index in [1.165, 1.54) is 0 Å². The molecule has 0 aromatic rings. The van der Waals surface area contributed by atoms with Gasteiger partial charge in [0.1, 0.15) is 0 Å². The van der Waals surface area contributed by atoms with E-state index >= 15 is 0 Å². The third kappa shape index (κ3) is 3.33. The fraction of sp³-hybridized carbons (Fsp3) is 0.778. The van der Waals surface area contributed by atoms with Gasteiger partial charge in [-0.15, -0.1) is 0 Å². The van der Waals surface area contributed by atoms with E-state index in [2.05, 4.69) is 10.2 Å². The maximum Gasteiger partial charge on any atom is 0.303 e. The van der Waals surface area contributed by atoms with Gasteiger partial charge in [0.25, 0.3) is 0 Å². The number of likely N-dealkylation sites (tertiary alicyclic amines) is 1. The van der Waals surface area contributed by atoms with Crippen molar-refractivity contribution in [3.05, 3.63) is 0 Å². The lowest BCUT2D eigenvalue weighted by Gasteiger charge is -2.38. The molecule has 5 heteroatoms. The predicted octanol–water partition coefficient (Wildman–Crippen LogP) is -0.471. The van der Waals surface area contributed by atoms with Gasteiger partial charge >= 0.3 is 5.97 Å². The van der Waals surface area contributed by atoms with Gasteiger partial charge in [0.05, 0.1) is 6.42 Å². The van der Waals surface area contributed by atoms with Crippen LogP contribution in [0, 0.1) is 5.92 Å². The van der Waals surface area contributed by atoms with Crippen LogP contribution in [0.15, 0.2) is 0 Å². The molecular formula is C9H16N2O3. The van der Waals surface area contributed by atoms with Gasteiger partial charge in [0.2, 0.25) is 5.91 Å². The second-order valence-electron chi connectivity index (χ2n) is 3.65. The highest BCUT2D eigenvalue weighted by atomic mass is 16.4. The first-order valence-electron chi connectivity index (χ1n) is 4.76. The molecule has 14 heavy (non-hydrogen) atoms. The fourth-order valence-corrected chi connectivity index (χ4v) is 1.62.